The average Bonchev–Trinajstić information content (AvgIpc) is 3.33. The summed E-state index contributed by atoms with van der Waals surface area (Å²) in [5.74, 6) is 1.71. The Hall–Kier alpha value is -3.23. The van der Waals surface area contributed by atoms with E-state index in [-0.39, 0.29) is 17.8 Å². The molecule has 4 rings (SSSR count). The molecule has 1 amide bonds. The van der Waals surface area contributed by atoms with Crippen LogP contribution in [0.3, 0.4) is 0 Å². The van der Waals surface area contributed by atoms with Crippen LogP contribution in [0.15, 0.2) is 24.7 Å². The first-order chi connectivity index (χ1) is 13.4. The fourth-order valence-corrected chi connectivity index (χ4v) is 3.45. The maximum absolute atomic E-state index is 12.3. The lowest BCUT2D eigenvalue weighted by molar-refractivity contribution is 0.0815. The fraction of sp³-hybridized carbons (Fsp3) is 0.421. The summed E-state index contributed by atoms with van der Waals surface area (Å²) >= 11 is 0. The first-order valence-electron chi connectivity index (χ1n) is 9.30. The zero-order valence-corrected chi connectivity index (χ0v) is 16.5. The van der Waals surface area contributed by atoms with E-state index in [1.54, 1.807) is 31.0 Å². The molecule has 4 heterocycles. The molecule has 1 aliphatic rings. The van der Waals surface area contributed by atoms with Crippen LogP contribution in [0, 0.1) is 13.8 Å². The molecule has 9 nitrogen and oxygen atoms in total. The van der Waals surface area contributed by atoms with E-state index in [2.05, 4.69) is 30.3 Å². The second-order valence-electron chi connectivity index (χ2n) is 7.29. The number of aryl methyl sites for hydroxylation is 1. The number of hydrogen-bond donors (Lipinski definition) is 1. The molecule has 0 saturated carbocycles. The van der Waals surface area contributed by atoms with E-state index in [0.717, 1.165) is 47.9 Å². The smallest absolute Gasteiger partial charge is 0.291 e. The summed E-state index contributed by atoms with van der Waals surface area (Å²) in [7, 11) is 3.42. The van der Waals surface area contributed by atoms with Gasteiger partial charge < -0.3 is 15.1 Å². The van der Waals surface area contributed by atoms with E-state index < -0.39 is 0 Å². The largest absolute Gasteiger partial charge is 0.364 e. The Kier molecular flexibility index (Phi) is 4.58. The number of amides is 1. The van der Waals surface area contributed by atoms with Crippen molar-refractivity contribution in [1.82, 2.24) is 29.5 Å². The van der Waals surface area contributed by atoms with Gasteiger partial charge in [-0.3, -0.25) is 4.79 Å². The molecule has 1 atom stereocenters. The quantitative estimate of drug-likeness (QED) is 0.734. The third kappa shape index (κ3) is 3.23. The van der Waals surface area contributed by atoms with Crippen molar-refractivity contribution in [2.24, 2.45) is 0 Å². The third-order valence-corrected chi connectivity index (χ3v) is 5.11. The van der Waals surface area contributed by atoms with Gasteiger partial charge in [0.1, 0.15) is 11.3 Å². The van der Waals surface area contributed by atoms with E-state index in [0.29, 0.717) is 0 Å². The predicted molar refractivity (Wildman–Crippen MR) is 107 cm³/mol. The molecule has 9 heteroatoms. The van der Waals surface area contributed by atoms with Crippen LogP contribution in [0.2, 0.25) is 0 Å². The maximum Gasteiger partial charge on any atom is 0.291 e. The van der Waals surface area contributed by atoms with Crippen molar-refractivity contribution in [1.29, 1.82) is 0 Å². The van der Waals surface area contributed by atoms with Gasteiger partial charge in [0.15, 0.2) is 5.82 Å². The molecule has 0 radical (unpaired) electrons. The predicted octanol–water partition coefficient (Wildman–Crippen LogP) is 1.53. The number of aromatic nitrogens is 5. The first kappa shape index (κ1) is 18.1. The van der Waals surface area contributed by atoms with Crippen LogP contribution < -0.4 is 10.2 Å². The van der Waals surface area contributed by atoms with Crippen LogP contribution in [-0.2, 0) is 0 Å². The van der Waals surface area contributed by atoms with Gasteiger partial charge in [-0.25, -0.2) is 19.5 Å². The van der Waals surface area contributed by atoms with E-state index in [4.69, 9.17) is 0 Å². The third-order valence-electron chi connectivity index (χ3n) is 5.11. The van der Waals surface area contributed by atoms with Gasteiger partial charge in [-0.05, 0) is 26.3 Å². The summed E-state index contributed by atoms with van der Waals surface area (Å²) in [6.45, 7) is 5.56. The Bertz CT molecular complexity index is 1030. The molecule has 28 heavy (non-hydrogen) atoms. The lowest BCUT2D eigenvalue weighted by Gasteiger charge is -2.22. The Morgan fingerprint density at radius 3 is 2.86 bits per heavy atom. The minimum absolute atomic E-state index is 0.185. The summed E-state index contributed by atoms with van der Waals surface area (Å²) in [6.07, 6.45) is 6.29. The summed E-state index contributed by atoms with van der Waals surface area (Å²) < 4.78 is 1.80. The molecule has 0 aromatic carbocycles. The average molecular weight is 380 g/mol. The minimum atomic E-state index is -0.185. The van der Waals surface area contributed by atoms with Gasteiger partial charge in [-0.2, -0.15) is 5.10 Å². The lowest BCUT2D eigenvalue weighted by atomic mass is 10.2. The molecule has 146 valence electrons. The number of carbonyl (C=O) groups is 1. The van der Waals surface area contributed by atoms with E-state index in [1.807, 2.05) is 26.1 Å². The van der Waals surface area contributed by atoms with Crippen molar-refractivity contribution in [2.75, 3.05) is 37.4 Å². The van der Waals surface area contributed by atoms with Crippen molar-refractivity contribution in [3.8, 4) is 0 Å². The number of nitrogens with zero attached hydrogens (tertiary/aromatic N) is 7. The number of rotatable bonds is 4. The zero-order chi connectivity index (χ0) is 19.8. The van der Waals surface area contributed by atoms with Gasteiger partial charge in [-0.15, -0.1) is 0 Å². The highest BCUT2D eigenvalue weighted by Crippen LogP contribution is 2.26. The Labute approximate surface area is 163 Å². The number of anilines is 2. The SMILES string of the molecule is Cc1nc(C(=O)N(C)C)nc(N2CC[C@@H](Nc3nccn4nccc34)C2)c1C. The van der Waals surface area contributed by atoms with Crippen LogP contribution in [0.25, 0.3) is 5.52 Å². The Morgan fingerprint density at radius 2 is 2.07 bits per heavy atom. The number of nitrogens with one attached hydrogen (secondary N) is 1. The highest BCUT2D eigenvalue weighted by molar-refractivity contribution is 5.90. The molecule has 1 saturated heterocycles. The van der Waals surface area contributed by atoms with Crippen LogP contribution in [0.4, 0.5) is 11.6 Å². The molecule has 3 aromatic heterocycles. The number of carbonyl (C=O) groups excluding carboxylic acids is 1. The van der Waals surface area contributed by atoms with E-state index >= 15 is 0 Å². The Balaban J connectivity index is 1.55. The minimum Gasteiger partial charge on any atom is -0.364 e. The van der Waals surface area contributed by atoms with Crippen molar-refractivity contribution < 1.29 is 4.79 Å². The number of hydrogen-bond acceptors (Lipinski definition) is 7. The molecule has 1 N–H and O–H groups in total. The maximum atomic E-state index is 12.3. The highest BCUT2D eigenvalue weighted by atomic mass is 16.2. The lowest BCUT2D eigenvalue weighted by Crippen LogP contribution is -2.30. The topological polar surface area (TPSA) is 91.5 Å². The highest BCUT2D eigenvalue weighted by Gasteiger charge is 2.27. The summed E-state index contributed by atoms with van der Waals surface area (Å²) in [5, 5.41) is 7.78. The molecular formula is C19H24N8O. The fourth-order valence-electron chi connectivity index (χ4n) is 3.45. The summed E-state index contributed by atoms with van der Waals surface area (Å²) in [6, 6.07) is 2.18. The summed E-state index contributed by atoms with van der Waals surface area (Å²) in [5.41, 5.74) is 2.79. The molecule has 0 aliphatic carbocycles. The molecule has 0 spiro atoms. The molecule has 0 unspecified atom stereocenters. The molecule has 1 aliphatic heterocycles. The van der Waals surface area contributed by atoms with Crippen LogP contribution >= 0.6 is 0 Å². The van der Waals surface area contributed by atoms with Crippen LogP contribution in [-0.4, -0.2) is 68.6 Å². The van der Waals surface area contributed by atoms with Crippen LogP contribution in [0.5, 0.6) is 0 Å². The van der Waals surface area contributed by atoms with Crippen molar-refractivity contribution in [3.63, 3.8) is 0 Å². The van der Waals surface area contributed by atoms with Gasteiger partial charge in [0.2, 0.25) is 5.82 Å². The van der Waals surface area contributed by atoms with Gasteiger partial charge in [0.05, 0.1) is 6.20 Å². The van der Waals surface area contributed by atoms with Crippen molar-refractivity contribution in [3.05, 3.63) is 41.7 Å². The number of fused-ring (bicyclic) bond motifs is 1. The van der Waals surface area contributed by atoms with Gasteiger partial charge >= 0.3 is 0 Å². The van der Waals surface area contributed by atoms with Gasteiger partial charge in [-0.1, -0.05) is 0 Å². The van der Waals surface area contributed by atoms with Crippen molar-refractivity contribution >= 4 is 23.1 Å². The second kappa shape index (κ2) is 7.06. The van der Waals surface area contributed by atoms with E-state index in [9.17, 15) is 4.79 Å². The monoisotopic (exact) mass is 380 g/mol. The molecular weight excluding hydrogens is 356 g/mol. The zero-order valence-electron chi connectivity index (χ0n) is 16.5. The van der Waals surface area contributed by atoms with Crippen molar-refractivity contribution in [2.45, 2.75) is 26.3 Å². The summed E-state index contributed by atoms with van der Waals surface area (Å²) in [4.78, 5) is 29.5. The molecule has 1 fully saturated rings. The molecule has 3 aromatic rings. The van der Waals surface area contributed by atoms with Crippen LogP contribution in [0.1, 0.15) is 28.3 Å². The molecule has 0 bridgehead atoms. The first-order valence-corrected chi connectivity index (χ1v) is 9.30. The Morgan fingerprint density at radius 1 is 1.25 bits per heavy atom. The van der Waals surface area contributed by atoms with E-state index in [1.165, 1.54) is 4.90 Å². The standard InChI is InChI=1S/C19H24N8O/c1-12-13(2)22-17(19(28)25(3)4)24-18(12)26-9-6-14(11-26)23-16-15-5-7-21-27(15)10-8-20-16/h5,7-8,10,14H,6,9,11H2,1-4H3,(H,20,23)/t14-/m1/s1. The normalized spacial score (nSPS) is 16.6. The van der Waals surface area contributed by atoms with Gasteiger partial charge in [0.25, 0.3) is 5.91 Å². The van der Waals surface area contributed by atoms with Gasteiger partial charge in [0, 0.05) is 56.9 Å². The second-order valence-corrected chi connectivity index (χ2v) is 7.29.